The Bertz CT molecular complexity index is 873. The summed E-state index contributed by atoms with van der Waals surface area (Å²) in [6.07, 6.45) is 9.61. The number of benzene rings is 1. The molecule has 0 aliphatic carbocycles. The lowest BCUT2D eigenvalue weighted by Crippen LogP contribution is -2.26. The van der Waals surface area contributed by atoms with Crippen LogP contribution in [0.4, 0.5) is 11.6 Å². The summed E-state index contributed by atoms with van der Waals surface area (Å²) in [6.45, 7) is 13.3. The number of fused-ring (bicyclic) bond motifs is 3. The fraction of sp³-hybridized carbons (Fsp3) is 0.571. The Balaban J connectivity index is 2.03. The summed E-state index contributed by atoms with van der Waals surface area (Å²) in [4.78, 5) is 15.3. The third kappa shape index (κ3) is 6.11. The molecule has 1 aromatic carbocycles. The lowest BCUT2D eigenvalue weighted by Gasteiger charge is -2.25. The Hall–Kier alpha value is -2.36. The van der Waals surface area contributed by atoms with Gasteiger partial charge in [-0.1, -0.05) is 65.5 Å². The summed E-state index contributed by atoms with van der Waals surface area (Å²) < 4.78 is 0. The van der Waals surface area contributed by atoms with Crippen LogP contribution in [-0.2, 0) is 0 Å². The molecule has 174 valence electrons. The summed E-state index contributed by atoms with van der Waals surface area (Å²) in [5, 5.41) is 2.34. The van der Waals surface area contributed by atoms with Gasteiger partial charge in [0.15, 0.2) is 0 Å². The number of hydrogen-bond donors (Lipinski definition) is 0. The molecule has 32 heavy (non-hydrogen) atoms. The number of aromatic nitrogens is 2. The van der Waals surface area contributed by atoms with Crippen LogP contribution in [0.2, 0.25) is 0 Å². The molecule has 0 N–H and O–H groups in total. The van der Waals surface area contributed by atoms with Crippen molar-refractivity contribution >= 4 is 33.4 Å². The Morgan fingerprint density at radius 1 is 0.500 bits per heavy atom. The molecule has 0 saturated heterocycles. The van der Waals surface area contributed by atoms with Crippen molar-refractivity contribution in [2.24, 2.45) is 0 Å². The predicted octanol–water partition coefficient (Wildman–Crippen LogP) is 7.60. The van der Waals surface area contributed by atoms with Gasteiger partial charge in [-0.3, -0.25) is 0 Å². The molecule has 0 radical (unpaired) electrons. The fourth-order valence-corrected chi connectivity index (χ4v) is 4.18. The van der Waals surface area contributed by atoms with Crippen molar-refractivity contribution in [2.75, 3.05) is 36.0 Å². The zero-order chi connectivity index (χ0) is 22.8. The van der Waals surface area contributed by atoms with Crippen molar-refractivity contribution < 1.29 is 0 Å². The third-order valence-electron chi connectivity index (χ3n) is 6.26. The highest BCUT2D eigenvalue weighted by atomic mass is 15.2. The largest absolute Gasteiger partial charge is 0.357 e. The molecule has 0 aliphatic heterocycles. The molecule has 2 aromatic heterocycles. The van der Waals surface area contributed by atoms with Gasteiger partial charge < -0.3 is 9.80 Å². The van der Waals surface area contributed by atoms with Gasteiger partial charge in [-0.25, -0.2) is 9.97 Å². The van der Waals surface area contributed by atoms with Crippen molar-refractivity contribution in [3.8, 4) is 0 Å². The lowest BCUT2D eigenvalue weighted by atomic mass is 10.1. The molecule has 0 spiro atoms. The van der Waals surface area contributed by atoms with Gasteiger partial charge in [-0.2, -0.15) is 0 Å². The first-order valence-corrected chi connectivity index (χ1v) is 12.9. The maximum absolute atomic E-state index is 5.18. The molecular formula is C28H42N4. The standard InChI is InChI=1S/C28H42N4/c1-5-9-19-31(20-10-6-2)25-17-15-23-13-14-24-16-18-26(30-28(24)27(23)29-25)32(21-11-7-3)22-12-8-4/h13-18H,5-12,19-22H2,1-4H3. The summed E-state index contributed by atoms with van der Waals surface area (Å²) in [5.74, 6) is 2.18. The quantitative estimate of drug-likeness (QED) is 0.245. The van der Waals surface area contributed by atoms with E-state index in [0.29, 0.717) is 0 Å². The fourth-order valence-electron chi connectivity index (χ4n) is 4.18. The predicted molar refractivity (Wildman–Crippen MR) is 141 cm³/mol. The first-order chi connectivity index (χ1) is 15.7. The summed E-state index contributed by atoms with van der Waals surface area (Å²) in [5.41, 5.74) is 2.07. The van der Waals surface area contributed by atoms with Crippen molar-refractivity contribution in [2.45, 2.75) is 79.1 Å². The summed E-state index contributed by atoms with van der Waals surface area (Å²) in [6, 6.07) is 13.2. The Morgan fingerprint density at radius 2 is 0.812 bits per heavy atom. The molecule has 0 fully saturated rings. The van der Waals surface area contributed by atoms with Gasteiger partial charge in [0, 0.05) is 37.0 Å². The Labute approximate surface area is 195 Å². The van der Waals surface area contributed by atoms with Crippen LogP contribution in [0, 0.1) is 0 Å². The highest BCUT2D eigenvalue weighted by molar-refractivity contribution is 6.03. The number of nitrogens with zero attached hydrogens (tertiary/aromatic N) is 4. The zero-order valence-electron chi connectivity index (χ0n) is 20.7. The van der Waals surface area contributed by atoms with Gasteiger partial charge in [0.05, 0.1) is 11.0 Å². The average Bonchev–Trinajstić information content (AvgIpc) is 2.83. The van der Waals surface area contributed by atoms with Gasteiger partial charge >= 0.3 is 0 Å². The second kappa shape index (κ2) is 12.6. The van der Waals surface area contributed by atoms with E-state index in [0.717, 1.165) is 48.8 Å². The second-order valence-electron chi connectivity index (χ2n) is 8.94. The van der Waals surface area contributed by atoms with E-state index in [1.54, 1.807) is 0 Å². The first kappa shape index (κ1) is 24.3. The van der Waals surface area contributed by atoms with E-state index in [1.807, 2.05) is 0 Å². The molecule has 3 aromatic rings. The highest BCUT2D eigenvalue weighted by Gasteiger charge is 2.13. The van der Waals surface area contributed by atoms with Crippen LogP contribution >= 0.6 is 0 Å². The lowest BCUT2D eigenvalue weighted by molar-refractivity contribution is 0.672. The highest BCUT2D eigenvalue weighted by Crippen LogP contribution is 2.28. The van der Waals surface area contributed by atoms with E-state index < -0.39 is 0 Å². The molecule has 3 rings (SSSR count). The van der Waals surface area contributed by atoms with Gasteiger partial charge in [0.1, 0.15) is 11.6 Å². The Morgan fingerprint density at radius 3 is 1.12 bits per heavy atom. The maximum atomic E-state index is 5.18. The van der Waals surface area contributed by atoms with E-state index in [1.165, 1.54) is 62.1 Å². The van der Waals surface area contributed by atoms with Gasteiger partial charge in [-0.15, -0.1) is 0 Å². The van der Waals surface area contributed by atoms with Crippen LogP contribution in [0.25, 0.3) is 21.8 Å². The number of pyridine rings is 2. The third-order valence-corrected chi connectivity index (χ3v) is 6.26. The van der Waals surface area contributed by atoms with Crippen LogP contribution in [0.1, 0.15) is 79.1 Å². The molecule has 2 heterocycles. The van der Waals surface area contributed by atoms with E-state index >= 15 is 0 Å². The number of hydrogen-bond acceptors (Lipinski definition) is 4. The molecule has 0 unspecified atom stereocenters. The van der Waals surface area contributed by atoms with Gasteiger partial charge in [-0.05, 0) is 49.9 Å². The van der Waals surface area contributed by atoms with E-state index in [4.69, 9.17) is 9.97 Å². The summed E-state index contributed by atoms with van der Waals surface area (Å²) >= 11 is 0. The van der Waals surface area contributed by atoms with Crippen LogP contribution in [0.3, 0.4) is 0 Å². The Kier molecular flexibility index (Phi) is 9.58. The SMILES string of the molecule is CCCCN(CCCC)c1ccc2ccc3ccc(N(CCCC)CCCC)nc3c2n1. The van der Waals surface area contributed by atoms with E-state index in [-0.39, 0.29) is 0 Å². The molecule has 0 saturated carbocycles. The minimum atomic E-state index is 1.03. The normalized spacial score (nSPS) is 11.4. The first-order valence-electron chi connectivity index (χ1n) is 12.9. The number of anilines is 2. The van der Waals surface area contributed by atoms with Crippen LogP contribution < -0.4 is 9.80 Å². The molecule has 4 nitrogen and oxygen atoms in total. The van der Waals surface area contributed by atoms with Crippen LogP contribution in [0.15, 0.2) is 36.4 Å². The van der Waals surface area contributed by atoms with Crippen molar-refractivity contribution in [1.29, 1.82) is 0 Å². The number of rotatable bonds is 14. The molecule has 4 heteroatoms. The minimum Gasteiger partial charge on any atom is -0.357 e. The second-order valence-corrected chi connectivity index (χ2v) is 8.94. The molecule has 0 aliphatic rings. The molecule has 0 bridgehead atoms. The van der Waals surface area contributed by atoms with Gasteiger partial charge in [0.25, 0.3) is 0 Å². The van der Waals surface area contributed by atoms with Gasteiger partial charge in [0.2, 0.25) is 0 Å². The van der Waals surface area contributed by atoms with Crippen molar-refractivity contribution in [3.63, 3.8) is 0 Å². The van der Waals surface area contributed by atoms with Crippen LogP contribution in [0.5, 0.6) is 0 Å². The molecular weight excluding hydrogens is 392 g/mol. The summed E-state index contributed by atoms with van der Waals surface area (Å²) in [7, 11) is 0. The maximum Gasteiger partial charge on any atom is 0.129 e. The minimum absolute atomic E-state index is 1.03. The monoisotopic (exact) mass is 434 g/mol. The average molecular weight is 435 g/mol. The number of unbranched alkanes of at least 4 members (excludes halogenated alkanes) is 4. The zero-order valence-corrected chi connectivity index (χ0v) is 20.7. The van der Waals surface area contributed by atoms with Crippen LogP contribution in [-0.4, -0.2) is 36.1 Å². The topological polar surface area (TPSA) is 32.3 Å². The molecule has 0 atom stereocenters. The van der Waals surface area contributed by atoms with Crippen molar-refractivity contribution in [1.82, 2.24) is 9.97 Å². The molecule has 0 amide bonds. The van der Waals surface area contributed by atoms with E-state index in [9.17, 15) is 0 Å². The smallest absolute Gasteiger partial charge is 0.129 e. The van der Waals surface area contributed by atoms with Crippen molar-refractivity contribution in [3.05, 3.63) is 36.4 Å². The van der Waals surface area contributed by atoms with E-state index in [2.05, 4.69) is 73.9 Å².